The number of nitrogens with one attached hydrogen (secondary N) is 1. The third kappa shape index (κ3) is 2.31. The van der Waals surface area contributed by atoms with Crippen molar-refractivity contribution in [1.29, 1.82) is 0 Å². The zero-order valence-corrected chi connectivity index (χ0v) is 11.1. The van der Waals surface area contributed by atoms with Gasteiger partial charge >= 0.3 is 0 Å². The topological polar surface area (TPSA) is 64.9 Å². The Bertz CT molecular complexity index is 574. The van der Waals surface area contributed by atoms with Gasteiger partial charge in [-0.2, -0.15) is 0 Å². The molecule has 1 unspecified atom stereocenters. The van der Waals surface area contributed by atoms with E-state index in [2.05, 4.69) is 20.7 Å². The van der Waals surface area contributed by atoms with E-state index in [0.29, 0.717) is 5.92 Å². The molecule has 1 atom stereocenters. The average Bonchev–Trinajstić information content (AvgIpc) is 3.09. The van der Waals surface area contributed by atoms with Crippen LogP contribution in [0.25, 0.3) is 5.69 Å². The summed E-state index contributed by atoms with van der Waals surface area (Å²) >= 11 is 0. The van der Waals surface area contributed by atoms with E-state index in [4.69, 9.17) is 4.74 Å². The molecule has 19 heavy (non-hydrogen) atoms. The second kappa shape index (κ2) is 4.97. The molecular weight excluding hydrogens is 242 g/mol. The van der Waals surface area contributed by atoms with Crippen LogP contribution in [0.2, 0.25) is 0 Å². The molecule has 0 aliphatic carbocycles. The monoisotopic (exact) mass is 259 g/mol. The Hall–Kier alpha value is -1.95. The van der Waals surface area contributed by atoms with Crippen LogP contribution in [0.5, 0.6) is 5.75 Å². The van der Waals surface area contributed by atoms with Gasteiger partial charge in [-0.25, -0.2) is 0 Å². The predicted molar refractivity (Wildman–Crippen MR) is 70.7 cm³/mol. The van der Waals surface area contributed by atoms with Crippen LogP contribution in [-0.4, -0.2) is 40.4 Å². The zero-order chi connectivity index (χ0) is 13.2. The molecule has 1 aliphatic heterocycles. The van der Waals surface area contributed by atoms with Gasteiger partial charge in [-0.3, -0.25) is 0 Å². The molecule has 0 radical (unpaired) electrons. The van der Waals surface area contributed by atoms with Crippen LogP contribution >= 0.6 is 0 Å². The van der Waals surface area contributed by atoms with Gasteiger partial charge in [0.25, 0.3) is 0 Å². The van der Waals surface area contributed by atoms with Gasteiger partial charge in [-0.1, -0.05) is 6.07 Å². The zero-order valence-electron chi connectivity index (χ0n) is 11.1. The summed E-state index contributed by atoms with van der Waals surface area (Å²) in [6.45, 7) is 3.98. The maximum absolute atomic E-state index is 5.35. The summed E-state index contributed by atoms with van der Waals surface area (Å²) in [6.07, 6.45) is 1.07. The second-order valence-corrected chi connectivity index (χ2v) is 4.80. The summed E-state index contributed by atoms with van der Waals surface area (Å²) in [5.41, 5.74) is 1.96. The molecule has 100 valence electrons. The van der Waals surface area contributed by atoms with Crippen molar-refractivity contribution in [3.05, 3.63) is 29.6 Å². The van der Waals surface area contributed by atoms with Gasteiger partial charge in [-0.05, 0) is 42.8 Å². The molecule has 1 fully saturated rings. The average molecular weight is 259 g/mol. The maximum Gasteiger partial charge on any atom is 0.179 e. The summed E-state index contributed by atoms with van der Waals surface area (Å²) in [5.74, 6) is 1.91. The quantitative estimate of drug-likeness (QED) is 0.892. The van der Waals surface area contributed by atoms with Gasteiger partial charge in [0.05, 0.1) is 7.11 Å². The normalized spacial score (nSPS) is 18.7. The van der Waals surface area contributed by atoms with Gasteiger partial charge in [0, 0.05) is 12.5 Å². The number of benzene rings is 1. The Morgan fingerprint density at radius 3 is 3.05 bits per heavy atom. The molecule has 0 saturated carbocycles. The first-order chi connectivity index (χ1) is 9.28. The molecule has 0 bridgehead atoms. The lowest BCUT2D eigenvalue weighted by atomic mass is 10.1. The molecular formula is C13H17N5O. The van der Waals surface area contributed by atoms with Crippen LogP contribution in [-0.2, 0) is 0 Å². The van der Waals surface area contributed by atoms with Crippen molar-refractivity contribution in [1.82, 2.24) is 25.5 Å². The van der Waals surface area contributed by atoms with Crippen molar-refractivity contribution in [2.75, 3.05) is 20.2 Å². The fraction of sp³-hybridized carbons (Fsp3) is 0.462. The Balaban J connectivity index is 1.95. The van der Waals surface area contributed by atoms with E-state index in [1.807, 2.05) is 25.1 Å². The number of aryl methyl sites for hydroxylation is 1. The Morgan fingerprint density at radius 2 is 2.32 bits per heavy atom. The highest BCUT2D eigenvalue weighted by Gasteiger charge is 2.22. The van der Waals surface area contributed by atoms with Crippen LogP contribution in [0.3, 0.4) is 0 Å². The summed E-state index contributed by atoms with van der Waals surface area (Å²) in [5, 5.41) is 16.1. The van der Waals surface area contributed by atoms with Crippen LogP contribution in [0, 0.1) is 6.92 Å². The van der Waals surface area contributed by atoms with Crippen molar-refractivity contribution in [2.24, 2.45) is 0 Å². The minimum absolute atomic E-state index is 0.365. The number of methoxy groups -OCH3 is 1. The van der Waals surface area contributed by atoms with E-state index in [0.717, 1.165) is 42.3 Å². The molecule has 1 N–H and O–H groups in total. The van der Waals surface area contributed by atoms with E-state index >= 15 is 0 Å². The van der Waals surface area contributed by atoms with E-state index in [1.54, 1.807) is 11.9 Å². The second-order valence-electron chi connectivity index (χ2n) is 4.80. The Morgan fingerprint density at radius 1 is 1.42 bits per heavy atom. The summed E-state index contributed by atoms with van der Waals surface area (Å²) in [4.78, 5) is 1.56. The lowest BCUT2D eigenvalue weighted by Gasteiger charge is -2.07. The molecule has 0 spiro atoms. The van der Waals surface area contributed by atoms with Gasteiger partial charge in [0.1, 0.15) is 11.4 Å². The van der Waals surface area contributed by atoms with Crippen molar-refractivity contribution in [2.45, 2.75) is 19.3 Å². The van der Waals surface area contributed by atoms with Gasteiger partial charge in [0.15, 0.2) is 5.82 Å². The molecule has 6 heteroatoms. The number of ether oxygens (including phenoxy) is 1. The third-order valence-electron chi connectivity index (χ3n) is 3.40. The maximum atomic E-state index is 5.35. The fourth-order valence-corrected chi connectivity index (χ4v) is 2.32. The molecule has 0 amide bonds. The Labute approximate surface area is 111 Å². The smallest absolute Gasteiger partial charge is 0.179 e. The summed E-state index contributed by atoms with van der Waals surface area (Å²) in [7, 11) is 1.65. The minimum Gasteiger partial charge on any atom is -0.494 e. The summed E-state index contributed by atoms with van der Waals surface area (Å²) in [6, 6.07) is 5.92. The summed E-state index contributed by atoms with van der Waals surface area (Å²) < 4.78 is 5.35. The number of rotatable bonds is 3. The molecule has 1 aromatic heterocycles. The van der Waals surface area contributed by atoms with Crippen LogP contribution < -0.4 is 10.1 Å². The SMILES string of the molecule is COc1ccc(C)cc1-n1nnc(C2CCNC2)n1. The van der Waals surface area contributed by atoms with E-state index in [9.17, 15) is 0 Å². The van der Waals surface area contributed by atoms with E-state index in [1.165, 1.54) is 0 Å². The first kappa shape index (κ1) is 12.1. The first-order valence-corrected chi connectivity index (χ1v) is 6.43. The third-order valence-corrected chi connectivity index (χ3v) is 3.40. The van der Waals surface area contributed by atoms with E-state index in [-0.39, 0.29) is 0 Å². The number of hydrogen-bond donors (Lipinski definition) is 1. The van der Waals surface area contributed by atoms with Gasteiger partial charge < -0.3 is 10.1 Å². The Kier molecular flexibility index (Phi) is 3.16. The van der Waals surface area contributed by atoms with Crippen molar-refractivity contribution >= 4 is 0 Å². The highest BCUT2D eigenvalue weighted by molar-refractivity contribution is 5.47. The fourth-order valence-electron chi connectivity index (χ4n) is 2.32. The standard InChI is InChI=1S/C13H17N5O/c1-9-3-4-12(19-2)11(7-9)18-16-13(15-17-18)10-5-6-14-8-10/h3-4,7,10,14H,5-6,8H2,1-2H3. The first-order valence-electron chi connectivity index (χ1n) is 6.43. The lowest BCUT2D eigenvalue weighted by molar-refractivity contribution is 0.409. The van der Waals surface area contributed by atoms with Crippen molar-refractivity contribution in [3.63, 3.8) is 0 Å². The van der Waals surface area contributed by atoms with Gasteiger partial charge in [0.2, 0.25) is 0 Å². The molecule has 1 aliphatic rings. The molecule has 3 rings (SSSR count). The number of nitrogens with zero attached hydrogens (tertiary/aromatic N) is 4. The predicted octanol–water partition coefficient (Wildman–Crippen LogP) is 1.06. The van der Waals surface area contributed by atoms with Crippen LogP contribution in [0.15, 0.2) is 18.2 Å². The van der Waals surface area contributed by atoms with Crippen molar-refractivity contribution < 1.29 is 4.74 Å². The van der Waals surface area contributed by atoms with Gasteiger partial charge in [-0.15, -0.1) is 15.0 Å². The molecule has 2 aromatic rings. The molecule has 6 nitrogen and oxygen atoms in total. The lowest BCUT2D eigenvalue weighted by Crippen LogP contribution is -2.09. The van der Waals surface area contributed by atoms with Crippen LogP contribution in [0.4, 0.5) is 0 Å². The highest BCUT2D eigenvalue weighted by Crippen LogP contribution is 2.24. The van der Waals surface area contributed by atoms with E-state index < -0.39 is 0 Å². The van der Waals surface area contributed by atoms with Crippen LogP contribution in [0.1, 0.15) is 23.7 Å². The number of hydrogen-bond acceptors (Lipinski definition) is 5. The number of tetrazole rings is 1. The molecule has 1 saturated heterocycles. The van der Waals surface area contributed by atoms with Crippen molar-refractivity contribution in [3.8, 4) is 11.4 Å². The molecule has 2 heterocycles. The highest BCUT2D eigenvalue weighted by atomic mass is 16.5. The number of aromatic nitrogens is 4. The minimum atomic E-state index is 0.365. The molecule has 1 aromatic carbocycles. The largest absolute Gasteiger partial charge is 0.494 e.